The quantitative estimate of drug-likeness (QED) is 0.338. The summed E-state index contributed by atoms with van der Waals surface area (Å²) in [5, 5.41) is 0.662. The summed E-state index contributed by atoms with van der Waals surface area (Å²) in [6.07, 6.45) is -2.70. The van der Waals surface area contributed by atoms with Gasteiger partial charge in [0.05, 0.1) is 18.4 Å². The predicted molar refractivity (Wildman–Crippen MR) is 117 cm³/mol. The fourth-order valence-electron chi connectivity index (χ4n) is 3.14. The van der Waals surface area contributed by atoms with Crippen molar-refractivity contribution in [1.82, 2.24) is 9.97 Å². The van der Waals surface area contributed by atoms with Crippen LogP contribution >= 0.6 is 11.6 Å². The van der Waals surface area contributed by atoms with E-state index in [0.717, 1.165) is 23.3 Å². The second-order valence-electron chi connectivity index (χ2n) is 6.99. The molecule has 0 spiro atoms. The zero-order valence-corrected chi connectivity index (χ0v) is 17.7. The third-order valence-corrected chi connectivity index (χ3v) is 5.08. The summed E-state index contributed by atoms with van der Waals surface area (Å²) in [6.45, 7) is 0.375. The van der Waals surface area contributed by atoms with Crippen LogP contribution in [0.1, 0.15) is 11.1 Å². The van der Waals surface area contributed by atoms with Crippen molar-refractivity contribution in [1.29, 1.82) is 0 Å². The third kappa shape index (κ3) is 4.89. The van der Waals surface area contributed by atoms with Crippen molar-refractivity contribution < 1.29 is 22.6 Å². The van der Waals surface area contributed by atoms with Crippen molar-refractivity contribution in [2.45, 2.75) is 12.8 Å². The Morgan fingerprint density at radius 3 is 2.34 bits per heavy atom. The first kappa shape index (κ1) is 21.8. The van der Waals surface area contributed by atoms with Crippen LogP contribution in [0.5, 0.6) is 11.5 Å². The number of hydrogen-bond acceptors (Lipinski definition) is 3. The number of aromatic amines is 1. The van der Waals surface area contributed by atoms with Crippen LogP contribution in [-0.2, 0) is 12.8 Å². The lowest BCUT2D eigenvalue weighted by molar-refractivity contribution is -0.137. The Morgan fingerprint density at radius 2 is 1.69 bits per heavy atom. The Hall–Kier alpha value is -3.45. The topological polar surface area (TPSA) is 47.1 Å². The summed E-state index contributed by atoms with van der Waals surface area (Å²) in [7, 11) is 1.55. The average molecular weight is 459 g/mol. The summed E-state index contributed by atoms with van der Waals surface area (Å²) in [4.78, 5) is 7.52. The molecular weight excluding hydrogens is 441 g/mol. The standard InChI is InChI=1S/C24H18ClF3N2O2/c1-31-22-12-19(32-14-15-2-8-18(25)9-3-15)10-11-20(22)21-13-29-23(30-21)16-4-6-17(7-5-16)24(26,27)28/h2-13H,14H2,1H3,(H,29,30). The predicted octanol–water partition coefficient (Wildman–Crippen LogP) is 7.00. The average Bonchev–Trinajstić information content (AvgIpc) is 3.28. The first-order valence-electron chi connectivity index (χ1n) is 9.62. The highest BCUT2D eigenvalue weighted by Gasteiger charge is 2.30. The van der Waals surface area contributed by atoms with Crippen LogP contribution in [0.3, 0.4) is 0 Å². The molecule has 0 aliphatic carbocycles. The smallest absolute Gasteiger partial charge is 0.416 e. The van der Waals surface area contributed by atoms with Gasteiger partial charge in [0.15, 0.2) is 0 Å². The molecule has 0 radical (unpaired) electrons. The molecule has 0 aliphatic heterocycles. The molecule has 0 fully saturated rings. The highest BCUT2D eigenvalue weighted by Crippen LogP contribution is 2.34. The molecule has 3 aromatic carbocycles. The van der Waals surface area contributed by atoms with Crippen molar-refractivity contribution in [3.63, 3.8) is 0 Å². The lowest BCUT2D eigenvalue weighted by atomic mass is 10.1. The van der Waals surface area contributed by atoms with Crippen molar-refractivity contribution in [2.24, 2.45) is 0 Å². The molecule has 32 heavy (non-hydrogen) atoms. The van der Waals surface area contributed by atoms with Gasteiger partial charge in [-0.05, 0) is 42.0 Å². The normalized spacial score (nSPS) is 11.4. The van der Waals surface area contributed by atoms with Gasteiger partial charge >= 0.3 is 6.18 Å². The summed E-state index contributed by atoms with van der Waals surface area (Å²) < 4.78 is 49.7. The van der Waals surface area contributed by atoms with Gasteiger partial charge in [-0.1, -0.05) is 35.9 Å². The lowest BCUT2D eigenvalue weighted by Crippen LogP contribution is -2.04. The van der Waals surface area contributed by atoms with E-state index in [-0.39, 0.29) is 0 Å². The fraction of sp³-hybridized carbons (Fsp3) is 0.125. The molecular formula is C24H18ClF3N2O2. The number of ether oxygens (including phenoxy) is 2. The number of methoxy groups -OCH3 is 1. The summed E-state index contributed by atoms with van der Waals surface area (Å²) in [5.41, 5.74) is 2.14. The van der Waals surface area contributed by atoms with E-state index >= 15 is 0 Å². The van der Waals surface area contributed by atoms with Crippen molar-refractivity contribution in [2.75, 3.05) is 7.11 Å². The molecule has 8 heteroatoms. The van der Waals surface area contributed by atoms with E-state index in [0.29, 0.717) is 40.2 Å². The molecule has 0 saturated heterocycles. The highest BCUT2D eigenvalue weighted by atomic mass is 35.5. The van der Waals surface area contributed by atoms with Crippen LogP contribution < -0.4 is 9.47 Å². The molecule has 1 heterocycles. The van der Waals surface area contributed by atoms with Gasteiger partial charge < -0.3 is 14.5 Å². The Kier molecular flexibility index (Phi) is 6.10. The Bertz CT molecular complexity index is 1200. The van der Waals surface area contributed by atoms with Gasteiger partial charge in [0.2, 0.25) is 0 Å². The molecule has 0 amide bonds. The van der Waals surface area contributed by atoms with Crippen LogP contribution in [0.4, 0.5) is 13.2 Å². The fourth-order valence-corrected chi connectivity index (χ4v) is 3.27. The van der Waals surface area contributed by atoms with Gasteiger partial charge in [-0.15, -0.1) is 0 Å². The largest absolute Gasteiger partial charge is 0.496 e. The number of alkyl halides is 3. The van der Waals surface area contributed by atoms with E-state index < -0.39 is 11.7 Å². The van der Waals surface area contributed by atoms with Crippen LogP contribution in [0, 0.1) is 0 Å². The van der Waals surface area contributed by atoms with Crippen molar-refractivity contribution in [3.8, 4) is 34.1 Å². The zero-order chi connectivity index (χ0) is 22.7. The van der Waals surface area contributed by atoms with E-state index in [4.69, 9.17) is 21.1 Å². The van der Waals surface area contributed by atoms with E-state index in [1.165, 1.54) is 12.1 Å². The monoisotopic (exact) mass is 458 g/mol. The molecule has 0 atom stereocenters. The van der Waals surface area contributed by atoms with E-state index in [1.807, 2.05) is 18.2 Å². The van der Waals surface area contributed by atoms with Gasteiger partial charge in [0.25, 0.3) is 0 Å². The number of H-pyrrole nitrogens is 1. The Labute approximate surface area is 187 Å². The van der Waals surface area contributed by atoms with Crippen molar-refractivity contribution in [3.05, 3.63) is 89.1 Å². The maximum atomic E-state index is 12.8. The number of aromatic nitrogens is 2. The summed E-state index contributed by atoms with van der Waals surface area (Å²) in [5.74, 6) is 1.64. The summed E-state index contributed by atoms with van der Waals surface area (Å²) >= 11 is 5.90. The molecule has 1 aromatic heterocycles. The molecule has 4 rings (SSSR count). The molecule has 0 aliphatic rings. The number of benzene rings is 3. The minimum absolute atomic E-state index is 0.375. The number of imidazole rings is 1. The number of nitrogens with zero attached hydrogens (tertiary/aromatic N) is 1. The Balaban J connectivity index is 1.52. The van der Waals surface area contributed by atoms with E-state index in [2.05, 4.69) is 9.97 Å². The first-order chi connectivity index (χ1) is 15.3. The molecule has 0 saturated carbocycles. The molecule has 0 bridgehead atoms. The van der Waals surface area contributed by atoms with Crippen LogP contribution in [0.25, 0.3) is 22.6 Å². The second-order valence-corrected chi connectivity index (χ2v) is 7.42. The number of hydrogen-bond donors (Lipinski definition) is 1. The Morgan fingerprint density at radius 1 is 0.969 bits per heavy atom. The maximum Gasteiger partial charge on any atom is 0.416 e. The van der Waals surface area contributed by atoms with Crippen LogP contribution in [0.15, 0.2) is 72.9 Å². The number of rotatable bonds is 6. The number of halogens is 4. The molecule has 0 unspecified atom stereocenters. The molecule has 164 valence electrons. The zero-order valence-electron chi connectivity index (χ0n) is 16.9. The van der Waals surface area contributed by atoms with Crippen molar-refractivity contribution >= 4 is 11.6 Å². The highest BCUT2D eigenvalue weighted by molar-refractivity contribution is 6.30. The van der Waals surface area contributed by atoms with Gasteiger partial charge in [-0.2, -0.15) is 13.2 Å². The van der Waals surface area contributed by atoms with Crippen LogP contribution in [-0.4, -0.2) is 17.1 Å². The second kappa shape index (κ2) is 8.96. The lowest BCUT2D eigenvalue weighted by Gasteiger charge is -2.11. The van der Waals surface area contributed by atoms with E-state index in [1.54, 1.807) is 37.6 Å². The van der Waals surface area contributed by atoms with Gasteiger partial charge in [0, 0.05) is 28.4 Å². The van der Waals surface area contributed by atoms with E-state index in [9.17, 15) is 13.2 Å². The minimum Gasteiger partial charge on any atom is -0.496 e. The van der Waals surface area contributed by atoms with Gasteiger partial charge in [0.1, 0.15) is 23.9 Å². The van der Waals surface area contributed by atoms with Crippen LogP contribution in [0.2, 0.25) is 5.02 Å². The number of nitrogens with one attached hydrogen (secondary N) is 1. The maximum absolute atomic E-state index is 12.8. The van der Waals surface area contributed by atoms with Gasteiger partial charge in [-0.25, -0.2) is 4.98 Å². The van der Waals surface area contributed by atoms with Gasteiger partial charge in [-0.3, -0.25) is 0 Å². The third-order valence-electron chi connectivity index (χ3n) is 4.83. The molecule has 4 nitrogen and oxygen atoms in total. The molecule has 1 N–H and O–H groups in total. The molecule has 4 aromatic rings. The SMILES string of the molecule is COc1cc(OCc2ccc(Cl)cc2)ccc1-c1c[nH]c(-c2ccc(C(F)(F)F)cc2)n1. The first-order valence-corrected chi connectivity index (χ1v) is 10.00. The summed E-state index contributed by atoms with van der Waals surface area (Å²) in [6, 6.07) is 17.6. The minimum atomic E-state index is -4.38.